The van der Waals surface area contributed by atoms with Crippen LogP contribution in [0.1, 0.15) is 11.7 Å². The van der Waals surface area contributed by atoms with Crippen LogP contribution in [-0.2, 0) is 9.47 Å². The lowest BCUT2D eigenvalue weighted by Gasteiger charge is -2.30. The Hall–Kier alpha value is -2.24. The largest absolute Gasteiger partial charge is 0.393 e. The summed E-state index contributed by atoms with van der Waals surface area (Å²) in [7, 11) is 0. The van der Waals surface area contributed by atoms with Crippen LogP contribution in [0.15, 0.2) is 54.6 Å². The molecule has 0 aromatic heterocycles. The summed E-state index contributed by atoms with van der Waals surface area (Å²) in [6, 6.07) is 19.1. The van der Waals surface area contributed by atoms with Gasteiger partial charge in [-0.25, -0.2) is 0 Å². The zero-order chi connectivity index (χ0) is 17.5. The molecule has 2 saturated heterocycles. The molecule has 0 aliphatic carbocycles. The van der Waals surface area contributed by atoms with Gasteiger partial charge in [-0.2, -0.15) is 0 Å². The molecule has 4 heteroatoms. The summed E-state index contributed by atoms with van der Waals surface area (Å²) in [5.74, 6) is 0. The van der Waals surface area contributed by atoms with E-state index >= 15 is 0 Å². The molecule has 2 heterocycles. The molecule has 2 fully saturated rings. The molecule has 4 nitrogen and oxygen atoms in total. The molecule has 0 amide bonds. The Kier molecular flexibility index (Phi) is 2.82. The third-order valence-electron chi connectivity index (χ3n) is 6.17. The molecule has 0 radical (unpaired) electrons. The predicted molar refractivity (Wildman–Crippen MR) is 99.5 cm³/mol. The van der Waals surface area contributed by atoms with Crippen molar-refractivity contribution in [1.29, 1.82) is 0 Å². The summed E-state index contributed by atoms with van der Waals surface area (Å²) in [5, 5.41) is 27.5. The van der Waals surface area contributed by atoms with E-state index < -0.39 is 17.8 Å². The maximum atomic E-state index is 10.5. The second-order valence-corrected chi connectivity index (χ2v) is 7.49. The second kappa shape index (κ2) is 4.93. The van der Waals surface area contributed by atoms with Crippen molar-refractivity contribution in [3.8, 4) is 0 Å². The van der Waals surface area contributed by atoms with E-state index in [4.69, 9.17) is 9.47 Å². The SMILES string of the molecule is OC[C@]12COC(C1O)[C@H](c1ccc3ccc4cccc5ccc1c3c45)O2. The van der Waals surface area contributed by atoms with Gasteiger partial charge in [-0.1, -0.05) is 54.6 Å². The van der Waals surface area contributed by atoms with Gasteiger partial charge < -0.3 is 19.7 Å². The maximum Gasteiger partial charge on any atom is 0.144 e. The molecule has 0 saturated carbocycles. The van der Waals surface area contributed by atoms with E-state index in [0.717, 1.165) is 10.9 Å². The molecule has 2 aliphatic rings. The number of benzene rings is 4. The lowest BCUT2D eigenvalue weighted by molar-refractivity contribution is -0.162. The zero-order valence-corrected chi connectivity index (χ0v) is 14.1. The van der Waals surface area contributed by atoms with Crippen molar-refractivity contribution in [3.63, 3.8) is 0 Å². The summed E-state index contributed by atoms with van der Waals surface area (Å²) < 4.78 is 11.9. The number of hydrogen-bond donors (Lipinski definition) is 2. The van der Waals surface area contributed by atoms with Crippen LogP contribution in [0.3, 0.4) is 0 Å². The minimum absolute atomic E-state index is 0.234. The Morgan fingerprint density at radius 2 is 1.62 bits per heavy atom. The average molecular weight is 346 g/mol. The van der Waals surface area contributed by atoms with Gasteiger partial charge >= 0.3 is 0 Å². The highest BCUT2D eigenvalue weighted by molar-refractivity contribution is 6.23. The number of rotatable bonds is 2. The van der Waals surface area contributed by atoms with Crippen molar-refractivity contribution < 1.29 is 19.7 Å². The van der Waals surface area contributed by atoms with Crippen LogP contribution in [0.2, 0.25) is 0 Å². The fourth-order valence-corrected chi connectivity index (χ4v) is 4.81. The Bertz CT molecular complexity index is 1140. The van der Waals surface area contributed by atoms with Crippen LogP contribution < -0.4 is 0 Å². The van der Waals surface area contributed by atoms with Crippen LogP contribution in [0, 0.1) is 0 Å². The van der Waals surface area contributed by atoms with Gasteiger partial charge in [0.2, 0.25) is 0 Å². The summed E-state index contributed by atoms with van der Waals surface area (Å²) in [5.41, 5.74) is 0.00841. The number of ether oxygens (including phenoxy) is 2. The first kappa shape index (κ1) is 14.9. The van der Waals surface area contributed by atoms with Crippen LogP contribution in [0.25, 0.3) is 32.3 Å². The molecule has 6 rings (SSSR count). The monoisotopic (exact) mass is 346 g/mol. The van der Waals surface area contributed by atoms with E-state index in [-0.39, 0.29) is 19.3 Å². The molecule has 2 N–H and O–H groups in total. The normalized spacial score (nSPS) is 30.9. The Morgan fingerprint density at radius 1 is 0.923 bits per heavy atom. The number of hydrogen-bond acceptors (Lipinski definition) is 4. The maximum absolute atomic E-state index is 10.5. The van der Waals surface area contributed by atoms with E-state index in [0.29, 0.717) is 0 Å². The van der Waals surface area contributed by atoms with E-state index in [1.54, 1.807) is 0 Å². The number of aliphatic hydroxyl groups excluding tert-OH is 2. The van der Waals surface area contributed by atoms with Gasteiger partial charge in [0.15, 0.2) is 0 Å². The van der Waals surface area contributed by atoms with Gasteiger partial charge in [-0.15, -0.1) is 0 Å². The first-order valence-electron chi connectivity index (χ1n) is 8.97. The Morgan fingerprint density at radius 3 is 2.35 bits per heavy atom. The fourth-order valence-electron chi connectivity index (χ4n) is 4.81. The molecule has 0 spiro atoms. The highest BCUT2D eigenvalue weighted by Crippen LogP contribution is 2.49. The Balaban J connectivity index is 1.63. The van der Waals surface area contributed by atoms with Gasteiger partial charge in [0.1, 0.15) is 23.9 Å². The van der Waals surface area contributed by atoms with Crippen molar-refractivity contribution in [1.82, 2.24) is 0 Å². The van der Waals surface area contributed by atoms with Crippen LogP contribution in [0.5, 0.6) is 0 Å². The van der Waals surface area contributed by atoms with Crippen LogP contribution in [-0.4, -0.2) is 41.2 Å². The zero-order valence-electron chi connectivity index (χ0n) is 14.1. The smallest absolute Gasteiger partial charge is 0.144 e. The van der Waals surface area contributed by atoms with E-state index in [2.05, 4.69) is 54.6 Å². The minimum Gasteiger partial charge on any atom is -0.393 e. The van der Waals surface area contributed by atoms with Crippen molar-refractivity contribution in [2.75, 3.05) is 13.2 Å². The standard InChI is InChI=1S/C22H18O4/c23-10-22-11-25-20(21(22)24)19(26-22)16-9-7-14-5-4-12-2-1-3-13-6-8-15(16)18(14)17(12)13/h1-9,19-21,23-24H,10-11H2/t19-,20?,21?,22-/m0/s1. The highest BCUT2D eigenvalue weighted by Gasteiger charge is 2.61. The van der Waals surface area contributed by atoms with Crippen LogP contribution >= 0.6 is 0 Å². The van der Waals surface area contributed by atoms with Gasteiger partial charge in [-0.05, 0) is 37.9 Å². The molecule has 2 aliphatic heterocycles. The molecule has 130 valence electrons. The van der Waals surface area contributed by atoms with Gasteiger partial charge in [0.05, 0.1) is 13.2 Å². The first-order chi connectivity index (χ1) is 12.7. The molecule has 4 atom stereocenters. The summed E-state index contributed by atoms with van der Waals surface area (Å²) >= 11 is 0. The topological polar surface area (TPSA) is 58.9 Å². The summed E-state index contributed by atoms with van der Waals surface area (Å²) in [6.45, 7) is -0.00926. The van der Waals surface area contributed by atoms with Crippen molar-refractivity contribution in [2.45, 2.75) is 23.9 Å². The third kappa shape index (κ3) is 1.68. The molecule has 4 aromatic rings. The highest BCUT2D eigenvalue weighted by atomic mass is 16.6. The molecular formula is C22H18O4. The van der Waals surface area contributed by atoms with Crippen molar-refractivity contribution >= 4 is 32.3 Å². The Labute approximate surface area is 149 Å². The van der Waals surface area contributed by atoms with Gasteiger partial charge in [0.25, 0.3) is 0 Å². The average Bonchev–Trinajstić information content (AvgIpc) is 3.16. The van der Waals surface area contributed by atoms with Gasteiger partial charge in [-0.3, -0.25) is 0 Å². The fraction of sp³-hybridized carbons (Fsp3) is 0.273. The number of aliphatic hydroxyl groups is 2. The summed E-state index contributed by atoms with van der Waals surface area (Å²) in [4.78, 5) is 0. The van der Waals surface area contributed by atoms with Crippen LogP contribution in [0.4, 0.5) is 0 Å². The molecule has 26 heavy (non-hydrogen) atoms. The molecular weight excluding hydrogens is 328 g/mol. The van der Waals surface area contributed by atoms with E-state index in [1.165, 1.54) is 26.9 Å². The molecule has 2 bridgehead atoms. The summed E-state index contributed by atoms with van der Waals surface area (Å²) in [6.07, 6.45) is -1.63. The van der Waals surface area contributed by atoms with Crippen molar-refractivity contribution in [3.05, 3.63) is 60.2 Å². The lowest BCUT2D eigenvalue weighted by atomic mass is 9.89. The van der Waals surface area contributed by atoms with E-state index in [9.17, 15) is 10.2 Å². The van der Waals surface area contributed by atoms with Gasteiger partial charge in [0, 0.05) is 0 Å². The predicted octanol–water partition coefficient (Wildman–Crippen LogP) is 3.15. The first-order valence-corrected chi connectivity index (χ1v) is 8.97. The quantitative estimate of drug-likeness (QED) is 0.548. The van der Waals surface area contributed by atoms with E-state index in [1.807, 2.05) is 0 Å². The second-order valence-electron chi connectivity index (χ2n) is 7.49. The third-order valence-corrected chi connectivity index (χ3v) is 6.17. The molecule has 2 unspecified atom stereocenters. The number of fused-ring (bicyclic) bond motifs is 2. The minimum atomic E-state index is -1.00. The van der Waals surface area contributed by atoms with Crippen molar-refractivity contribution in [2.24, 2.45) is 0 Å². The lowest BCUT2D eigenvalue weighted by Crippen LogP contribution is -2.43. The molecule has 4 aromatic carbocycles.